The molecule has 0 aromatic heterocycles. The van der Waals surface area contributed by atoms with E-state index in [4.69, 9.17) is 4.74 Å². The number of amides is 1. The Morgan fingerprint density at radius 1 is 1.21 bits per heavy atom. The Kier molecular flexibility index (Phi) is 6.85. The van der Waals surface area contributed by atoms with Gasteiger partial charge in [0.2, 0.25) is 5.91 Å². The van der Waals surface area contributed by atoms with Crippen molar-refractivity contribution in [1.82, 2.24) is 0 Å². The molecule has 0 bridgehead atoms. The zero-order valence-corrected chi connectivity index (χ0v) is 16.1. The van der Waals surface area contributed by atoms with Gasteiger partial charge in [-0.15, -0.1) is 0 Å². The highest BCUT2D eigenvalue weighted by Crippen LogP contribution is 2.26. The van der Waals surface area contributed by atoms with E-state index in [1.807, 2.05) is 44.2 Å². The Bertz CT molecular complexity index is 713. The highest BCUT2D eigenvalue weighted by atomic mass is 79.9. The predicted octanol–water partition coefficient (Wildman–Crippen LogP) is 5.43. The van der Waals surface area contributed by atoms with Crippen LogP contribution in [0.3, 0.4) is 0 Å². The van der Waals surface area contributed by atoms with Crippen molar-refractivity contribution in [1.29, 1.82) is 0 Å². The fourth-order valence-electron chi connectivity index (χ4n) is 2.54. The second-order valence-electron chi connectivity index (χ2n) is 5.90. The first-order valence-corrected chi connectivity index (χ1v) is 9.08. The molecule has 0 heterocycles. The van der Waals surface area contributed by atoms with Crippen molar-refractivity contribution in [2.24, 2.45) is 0 Å². The molecule has 0 radical (unpaired) electrons. The SMILES string of the molecule is CCc1cccc(C)c1NC(=O)CCCOc1ccc(C)cc1Br. The van der Waals surface area contributed by atoms with E-state index in [2.05, 4.69) is 34.2 Å². The molecule has 2 aromatic carbocycles. The second-order valence-corrected chi connectivity index (χ2v) is 6.75. The Hall–Kier alpha value is -1.81. The number of benzene rings is 2. The number of carbonyl (C=O) groups excluding carboxylic acids is 1. The summed E-state index contributed by atoms with van der Waals surface area (Å²) in [6.07, 6.45) is 2.03. The Morgan fingerprint density at radius 3 is 2.71 bits per heavy atom. The highest BCUT2D eigenvalue weighted by molar-refractivity contribution is 9.10. The smallest absolute Gasteiger partial charge is 0.224 e. The molecule has 0 aliphatic carbocycles. The van der Waals surface area contributed by atoms with E-state index in [-0.39, 0.29) is 5.91 Å². The average molecular weight is 390 g/mol. The predicted molar refractivity (Wildman–Crippen MR) is 103 cm³/mol. The van der Waals surface area contributed by atoms with Gasteiger partial charge in [0.15, 0.2) is 0 Å². The summed E-state index contributed by atoms with van der Waals surface area (Å²) in [5.74, 6) is 0.846. The van der Waals surface area contributed by atoms with Gasteiger partial charge in [-0.2, -0.15) is 0 Å². The van der Waals surface area contributed by atoms with E-state index in [1.165, 1.54) is 11.1 Å². The van der Waals surface area contributed by atoms with Gasteiger partial charge in [-0.3, -0.25) is 4.79 Å². The van der Waals surface area contributed by atoms with Crippen molar-refractivity contribution in [2.75, 3.05) is 11.9 Å². The molecular weight excluding hydrogens is 366 g/mol. The summed E-state index contributed by atoms with van der Waals surface area (Å²) in [6.45, 7) is 6.67. The first-order valence-electron chi connectivity index (χ1n) is 8.28. The Balaban J connectivity index is 1.82. The van der Waals surface area contributed by atoms with Crippen LogP contribution in [0.2, 0.25) is 0 Å². The maximum atomic E-state index is 12.2. The molecule has 1 amide bonds. The lowest BCUT2D eigenvalue weighted by Gasteiger charge is -2.13. The van der Waals surface area contributed by atoms with Gasteiger partial charge in [-0.05, 0) is 71.4 Å². The molecule has 2 rings (SSSR count). The number of ether oxygens (including phenoxy) is 1. The molecule has 0 aliphatic rings. The van der Waals surface area contributed by atoms with E-state index >= 15 is 0 Å². The normalized spacial score (nSPS) is 10.5. The fourth-order valence-corrected chi connectivity index (χ4v) is 3.15. The second kappa shape index (κ2) is 8.88. The quantitative estimate of drug-likeness (QED) is 0.641. The van der Waals surface area contributed by atoms with Crippen LogP contribution in [0.1, 0.15) is 36.5 Å². The third-order valence-electron chi connectivity index (χ3n) is 3.90. The van der Waals surface area contributed by atoms with Crippen LogP contribution in [-0.4, -0.2) is 12.5 Å². The van der Waals surface area contributed by atoms with Gasteiger partial charge in [0.05, 0.1) is 11.1 Å². The van der Waals surface area contributed by atoms with Gasteiger partial charge in [-0.25, -0.2) is 0 Å². The van der Waals surface area contributed by atoms with Gasteiger partial charge in [0.25, 0.3) is 0 Å². The third-order valence-corrected chi connectivity index (χ3v) is 4.52. The molecule has 1 N–H and O–H groups in total. The molecular formula is C20H24BrNO2. The molecule has 128 valence electrons. The van der Waals surface area contributed by atoms with E-state index in [9.17, 15) is 4.79 Å². The number of nitrogens with one attached hydrogen (secondary N) is 1. The van der Waals surface area contributed by atoms with Gasteiger partial charge < -0.3 is 10.1 Å². The van der Waals surface area contributed by atoms with Crippen LogP contribution in [0.4, 0.5) is 5.69 Å². The minimum absolute atomic E-state index is 0.0329. The molecule has 0 saturated carbocycles. The summed E-state index contributed by atoms with van der Waals surface area (Å²) in [6, 6.07) is 12.1. The number of anilines is 1. The lowest BCUT2D eigenvalue weighted by molar-refractivity contribution is -0.116. The van der Waals surface area contributed by atoms with Crippen LogP contribution in [0.25, 0.3) is 0 Å². The summed E-state index contributed by atoms with van der Waals surface area (Å²) < 4.78 is 6.68. The van der Waals surface area contributed by atoms with Crippen LogP contribution in [-0.2, 0) is 11.2 Å². The topological polar surface area (TPSA) is 38.3 Å². The lowest BCUT2D eigenvalue weighted by Crippen LogP contribution is -2.15. The first kappa shape index (κ1) is 18.5. The number of rotatable bonds is 7. The Labute approximate surface area is 152 Å². The van der Waals surface area contributed by atoms with Gasteiger partial charge >= 0.3 is 0 Å². The third kappa shape index (κ3) is 5.10. The number of carbonyl (C=O) groups is 1. The van der Waals surface area contributed by atoms with E-state index < -0.39 is 0 Å². The molecule has 2 aromatic rings. The fraction of sp³-hybridized carbons (Fsp3) is 0.350. The van der Waals surface area contributed by atoms with Crippen LogP contribution >= 0.6 is 15.9 Å². The number of aryl methyl sites for hydroxylation is 3. The van der Waals surface area contributed by atoms with Crippen molar-refractivity contribution in [3.63, 3.8) is 0 Å². The van der Waals surface area contributed by atoms with Crippen molar-refractivity contribution in [3.05, 3.63) is 57.6 Å². The average Bonchev–Trinajstić information content (AvgIpc) is 2.55. The molecule has 0 atom stereocenters. The zero-order valence-electron chi connectivity index (χ0n) is 14.5. The molecule has 24 heavy (non-hydrogen) atoms. The monoisotopic (exact) mass is 389 g/mol. The minimum Gasteiger partial charge on any atom is -0.492 e. The van der Waals surface area contributed by atoms with Crippen LogP contribution in [0.15, 0.2) is 40.9 Å². The number of hydrogen-bond acceptors (Lipinski definition) is 2. The molecule has 3 nitrogen and oxygen atoms in total. The number of hydrogen-bond donors (Lipinski definition) is 1. The lowest BCUT2D eigenvalue weighted by atomic mass is 10.1. The van der Waals surface area contributed by atoms with E-state index in [0.717, 1.165) is 27.9 Å². The van der Waals surface area contributed by atoms with Gasteiger partial charge in [0, 0.05) is 12.1 Å². The van der Waals surface area contributed by atoms with Crippen LogP contribution < -0.4 is 10.1 Å². The van der Waals surface area contributed by atoms with Crippen molar-refractivity contribution >= 4 is 27.5 Å². The van der Waals surface area contributed by atoms with Crippen LogP contribution in [0.5, 0.6) is 5.75 Å². The Morgan fingerprint density at radius 2 is 2.00 bits per heavy atom. The molecule has 0 unspecified atom stereocenters. The van der Waals surface area contributed by atoms with Gasteiger partial charge in [-0.1, -0.05) is 31.2 Å². The summed E-state index contributed by atoms with van der Waals surface area (Å²) in [5.41, 5.74) is 4.40. The molecule has 0 spiro atoms. The standard InChI is InChI=1S/C20H24BrNO2/c1-4-16-8-5-7-15(3)20(16)22-19(23)9-6-12-24-18-11-10-14(2)13-17(18)21/h5,7-8,10-11,13H,4,6,9,12H2,1-3H3,(H,22,23). The maximum absolute atomic E-state index is 12.2. The van der Waals surface area contributed by atoms with E-state index in [0.29, 0.717) is 19.4 Å². The largest absolute Gasteiger partial charge is 0.492 e. The summed E-state index contributed by atoms with van der Waals surface area (Å²) >= 11 is 3.49. The highest BCUT2D eigenvalue weighted by Gasteiger charge is 2.09. The van der Waals surface area contributed by atoms with E-state index in [1.54, 1.807) is 0 Å². The molecule has 0 fully saturated rings. The summed E-state index contributed by atoms with van der Waals surface area (Å²) in [4.78, 5) is 12.2. The van der Waals surface area contributed by atoms with Crippen LogP contribution in [0, 0.1) is 13.8 Å². The van der Waals surface area contributed by atoms with Gasteiger partial charge in [0.1, 0.15) is 5.75 Å². The number of halogens is 1. The zero-order chi connectivity index (χ0) is 17.5. The summed E-state index contributed by atoms with van der Waals surface area (Å²) in [5, 5.41) is 3.04. The number of para-hydroxylation sites is 1. The first-order chi connectivity index (χ1) is 11.5. The molecule has 0 aliphatic heterocycles. The van der Waals surface area contributed by atoms with Crippen molar-refractivity contribution < 1.29 is 9.53 Å². The molecule has 0 saturated heterocycles. The van der Waals surface area contributed by atoms with Crippen molar-refractivity contribution in [2.45, 2.75) is 40.0 Å². The molecule has 4 heteroatoms. The maximum Gasteiger partial charge on any atom is 0.224 e. The summed E-state index contributed by atoms with van der Waals surface area (Å²) in [7, 11) is 0. The minimum atomic E-state index is 0.0329. The van der Waals surface area contributed by atoms with Crippen molar-refractivity contribution in [3.8, 4) is 5.75 Å².